The number of methoxy groups -OCH3 is 1. The van der Waals surface area contributed by atoms with Gasteiger partial charge in [0.2, 0.25) is 0 Å². The fraction of sp³-hybridized carbons (Fsp3) is 0.562. The molecule has 1 saturated heterocycles. The van der Waals surface area contributed by atoms with Crippen molar-refractivity contribution in [3.05, 3.63) is 35.9 Å². The molecule has 2 rings (SSSR count). The van der Waals surface area contributed by atoms with Crippen LogP contribution in [0.3, 0.4) is 0 Å². The van der Waals surface area contributed by atoms with E-state index in [9.17, 15) is 21.6 Å². The molecule has 0 unspecified atom stereocenters. The number of esters is 1. The molecular weight excluding hydrogens is 471 g/mol. The minimum atomic E-state index is -5.15. The topological polar surface area (TPSA) is 172 Å². The minimum Gasteiger partial charge on any atom is -0.457 e. The Hall–Kier alpha value is -0.650. The van der Waals surface area contributed by atoms with Crippen LogP contribution in [0, 0.1) is 0 Å². The molecular formula is C16H22NaO12S2+. The molecule has 0 saturated carbocycles. The first-order valence-corrected chi connectivity index (χ1v) is 11.4. The third-order valence-corrected chi connectivity index (χ3v) is 5.08. The predicted octanol–water partition coefficient (Wildman–Crippen LogP) is -2.70. The van der Waals surface area contributed by atoms with E-state index in [-0.39, 0.29) is 36.0 Å². The molecule has 12 nitrogen and oxygen atoms in total. The van der Waals surface area contributed by atoms with E-state index in [1.54, 1.807) is 24.3 Å². The summed E-state index contributed by atoms with van der Waals surface area (Å²) >= 11 is 0. The van der Waals surface area contributed by atoms with Gasteiger partial charge >= 0.3 is 56.3 Å². The molecule has 0 radical (unpaired) electrons. The van der Waals surface area contributed by atoms with E-state index in [2.05, 4.69) is 8.37 Å². The summed E-state index contributed by atoms with van der Waals surface area (Å²) in [6, 6.07) is 8.97. The zero-order valence-corrected chi connectivity index (χ0v) is 20.6. The van der Waals surface area contributed by atoms with Crippen molar-refractivity contribution in [3.63, 3.8) is 0 Å². The average Bonchev–Trinajstić information content (AvgIpc) is 2.63. The van der Waals surface area contributed by atoms with E-state index in [4.69, 9.17) is 23.3 Å². The molecule has 15 heteroatoms. The molecule has 0 aromatic heterocycles. The SMILES string of the molecule is CO[C@@H]1O[C@@H](C)[C@H](OC(=O)CCc2ccccc2)[C@@H](OS(=O)(=O)O)[C@H]1OS(=O)(=O)O.[Na+]. The van der Waals surface area contributed by atoms with Crippen molar-refractivity contribution in [1.82, 2.24) is 0 Å². The van der Waals surface area contributed by atoms with Crippen LogP contribution in [0.4, 0.5) is 0 Å². The first kappa shape index (κ1) is 28.4. The molecule has 31 heavy (non-hydrogen) atoms. The number of rotatable bonds is 9. The Bertz CT molecular complexity index is 921. The smallest absolute Gasteiger partial charge is 0.457 e. The average molecular weight is 493 g/mol. The van der Waals surface area contributed by atoms with Gasteiger partial charge in [-0.05, 0) is 18.9 Å². The molecule has 1 aromatic rings. The van der Waals surface area contributed by atoms with Gasteiger partial charge in [0.25, 0.3) is 0 Å². The third-order valence-electron chi connectivity index (χ3n) is 4.15. The molecule has 1 aromatic carbocycles. The number of carbonyl (C=O) groups excluding carboxylic acids is 1. The fourth-order valence-electron chi connectivity index (χ4n) is 2.92. The minimum absolute atomic E-state index is 0. The monoisotopic (exact) mass is 493 g/mol. The first-order valence-electron chi connectivity index (χ1n) is 8.62. The molecule has 2 N–H and O–H groups in total. The van der Waals surface area contributed by atoms with Gasteiger partial charge in [-0.15, -0.1) is 0 Å². The van der Waals surface area contributed by atoms with Gasteiger partial charge < -0.3 is 14.2 Å². The zero-order chi connectivity index (χ0) is 22.5. The van der Waals surface area contributed by atoms with E-state index < -0.39 is 57.5 Å². The molecule has 0 aliphatic carbocycles. The van der Waals surface area contributed by atoms with E-state index in [0.717, 1.165) is 12.7 Å². The Labute approximate surface area is 202 Å². The summed E-state index contributed by atoms with van der Waals surface area (Å²) in [6.07, 6.45) is -7.71. The summed E-state index contributed by atoms with van der Waals surface area (Å²) in [4.78, 5) is 12.3. The van der Waals surface area contributed by atoms with Crippen LogP contribution in [-0.4, -0.2) is 69.7 Å². The summed E-state index contributed by atoms with van der Waals surface area (Å²) in [5, 5.41) is 0. The van der Waals surface area contributed by atoms with E-state index in [1.165, 1.54) is 6.92 Å². The van der Waals surface area contributed by atoms with Gasteiger partial charge in [-0.3, -0.25) is 13.9 Å². The van der Waals surface area contributed by atoms with Gasteiger partial charge in [-0.1, -0.05) is 30.3 Å². The van der Waals surface area contributed by atoms with Gasteiger partial charge in [0.1, 0.15) is 0 Å². The number of benzene rings is 1. The molecule has 170 valence electrons. The Kier molecular flexibility index (Phi) is 11.0. The molecule has 1 aliphatic rings. The summed E-state index contributed by atoms with van der Waals surface area (Å²) in [5.74, 6) is -0.773. The molecule has 0 spiro atoms. The van der Waals surface area contributed by atoms with Gasteiger partial charge in [0, 0.05) is 13.5 Å². The zero-order valence-electron chi connectivity index (χ0n) is 17.0. The maximum atomic E-state index is 12.3. The second kappa shape index (κ2) is 12.0. The number of hydrogen-bond donors (Lipinski definition) is 2. The van der Waals surface area contributed by atoms with Gasteiger partial charge in [-0.2, -0.15) is 16.8 Å². The third kappa shape index (κ3) is 9.39. The van der Waals surface area contributed by atoms with Crippen LogP contribution in [0.15, 0.2) is 30.3 Å². The second-order valence-electron chi connectivity index (χ2n) is 6.36. The van der Waals surface area contributed by atoms with Crippen molar-refractivity contribution in [3.8, 4) is 0 Å². The van der Waals surface area contributed by atoms with Crippen LogP contribution in [0.1, 0.15) is 18.9 Å². The van der Waals surface area contributed by atoms with Crippen molar-refractivity contribution in [1.29, 1.82) is 0 Å². The molecule has 5 atom stereocenters. The summed E-state index contributed by atoms with van der Waals surface area (Å²) in [6.45, 7) is 1.38. The Balaban J connectivity index is 0.00000480. The van der Waals surface area contributed by atoms with Gasteiger partial charge in [0.05, 0.1) is 6.10 Å². The Morgan fingerprint density at radius 3 is 2.06 bits per heavy atom. The first-order chi connectivity index (χ1) is 13.9. The maximum Gasteiger partial charge on any atom is 1.00 e. The molecule has 0 amide bonds. The summed E-state index contributed by atoms with van der Waals surface area (Å²) in [5.41, 5.74) is 0.847. The van der Waals surface area contributed by atoms with Crippen LogP contribution in [0.5, 0.6) is 0 Å². The molecule has 1 heterocycles. The van der Waals surface area contributed by atoms with Crippen molar-refractivity contribution >= 4 is 26.8 Å². The van der Waals surface area contributed by atoms with E-state index >= 15 is 0 Å². The van der Waals surface area contributed by atoms with Crippen LogP contribution in [0.2, 0.25) is 0 Å². The van der Waals surface area contributed by atoms with E-state index in [1.807, 2.05) is 6.07 Å². The predicted molar refractivity (Wildman–Crippen MR) is 98.8 cm³/mol. The van der Waals surface area contributed by atoms with Crippen LogP contribution < -0.4 is 29.6 Å². The maximum absolute atomic E-state index is 12.3. The molecule has 1 fully saturated rings. The summed E-state index contributed by atoms with van der Waals surface area (Å²) in [7, 11) is -9.19. The van der Waals surface area contributed by atoms with Gasteiger partial charge in [-0.25, -0.2) is 8.37 Å². The number of hydrogen-bond acceptors (Lipinski definition) is 10. The molecule has 1 aliphatic heterocycles. The van der Waals surface area contributed by atoms with Crippen molar-refractivity contribution in [2.75, 3.05) is 7.11 Å². The van der Waals surface area contributed by atoms with Gasteiger partial charge in [0.15, 0.2) is 24.6 Å². The fourth-order valence-corrected chi connectivity index (χ4v) is 3.90. The molecule has 0 bridgehead atoms. The van der Waals surface area contributed by atoms with Crippen molar-refractivity contribution in [2.24, 2.45) is 0 Å². The van der Waals surface area contributed by atoms with Crippen molar-refractivity contribution in [2.45, 2.75) is 50.5 Å². The summed E-state index contributed by atoms with van der Waals surface area (Å²) < 4.78 is 87.5. The van der Waals surface area contributed by atoms with Crippen molar-refractivity contribution < 1.29 is 82.9 Å². The number of carbonyl (C=O) groups is 1. The normalized spacial score (nSPS) is 26.6. The number of aryl methyl sites for hydroxylation is 1. The van der Waals surface area contributed by atoms with Crippen LogP contribution >= 0.6 is 0 Å². The van der Waals surface area contributed by atoms with Crippen LogP contribution in [-0.2, 0) is 54.6 Å². The van der Waals surface area contributed by atoms with E-state index in [0.29, 0.717) is 6.42 Å². The Morgan fingerprint density at radius 1 is 1.00 bits per heavy atom. The standard InChI is InChI=1S/C16H22O12S2.Na/c1-10-13(26-12(17)9-8-11-6-4-3-5-7-11)14(27-29(18,19)20)15(16(24-2)25-10)28-30(21,22)23;/h3-7,10,13-16H,8-9H2,1-2H3,(H,18,19,20)(H,21,22,23);/q;+1/t10-,13-,14+,15+,16+;/m0./s1. The van der Waals surface area contributed by atoms with Crippen LogP contribution in [0.25, 0.3) is 0 Å². The Morgan fingerprint density at radius 2 is 1.55 bits per heavy atom. The second-order valence-corrected chi connectivity index (χ2v) is 8.46. The largest absolute Gasteiger partial charge is 1.00 e. The quantitative estimate of drug-likeness (QED) is 0.207. The number of ether oxygens (including phenoxy) is 3.